The van der Waals surface area contributed by atoms with Crippen LogP contribution in [-0.4, -0.2) is 61.5 Å². The Morgan fingerprint density at radius 2 is 2.25 bits per heavy atom. The van der Waals surface area contributed by atoms with Crippen LogP contribution in [0.2, 0.25) is 0 Å². The normalized spacial score (nSPS) is 24.1. The van der Waals surface area contributed by atoms with Crippen LogP contribution in [0.1, 0.15) is 30.6 Å². The van der Waals surface area contributed by atoms with E-state index in [0.717, 1.165) is 32.2 Å². The average molecular weight is 350 g/mol. The molecule has 2 aliphatic rings. The van der Waals surface area contributed by atoms with Crippen molar-refractivity contribution < 1.29 is 14.3 Å². The van der Waals surface area contributed by atoms with Gasteiger partial charge in [0.2, 0.25) is 11.8 Å². The second-order valence-electron chi connectivity index (χ2n) is 6.81. The fourth-order valence-corrected chi connectivity index (χ4v) is 4.58. The molecular weight excluding hydrogens is 324 g/mol. The van der Waals surface area contributed by atoms with Gasteiger partial charge in [0.25, 0.3) is 0 Å². The smallest absolute Gasteiger partial charge is 0.230 e. The number of hydrogen-bond acceptors (Lipinski definition) is 4. The predicted octanol–water partition coefficient (Wildman–Crippen LogP) is 2.17. The lowest BCUT2D eigenvalue weighted by Gasteiger charge is -2.39. The first-order chi connectivity index (χ1) is 11.6. The minimum absolute atomic E-state index is 0.182. The Balaban J connectivity index is 1.56. The van der Waals surface area contributed by atoms with Gasteiger partial charge >= 0.3 is 0 Å². The summed E-state index contributed by atoms with van der Waals surface area (Å²) in [5.74, 6) is 0.404. The summed E-state index contributed by atoms with van der Waals surface area (Å²) in [5, 5.41) is 2.04. The highest BCUT2D eigenvalue weighted by Crippen LogP contribution is 2.40. The number of nitrogens with zero attached hydrogens (tertiary/aromatic N) is 2. The number of hydrogen-bond donors (Lipinski definition) is 0. The van der Waals surface area contributed by atoms with Crippen molar-refractivity contribution in [2.75, 3.05) is 39.9 Å². The predicted molar refractivity (Wildman–Crippen MR) is 94.0 cm³/mol. The van der Waals surface area contributed by atoms with Crippen molar-refractivity contribution in [1.29, 1.82) is 0 Å². The molecule has 2 aliphatic heterocycles. The van der Waals surface area contributed by atoms with Crippen molar-refractivity contribution in [3.8, 4) is 0 Å². The standard InChI is InChI=1S/C18H26N2O3S/c1-23-12-11-19-9-3-7-18(17(19)22)8-10-20(14-18)16(21)6-5-15-4-2-13-24-15/h2,4,13H,3,5-12,14H2,1H3/t18-/m1/s1. The number of aryl methyl sites for hydroxylation is 1. The molecule has 0 unspecified atom stereocenters. The molecule has 0 aliphatic carbocycles. The molecule has 3 heterocycles. The van der Waals surface area contributed by atoms with Gasteiger partial charge in [-0.3, -0.25) is 9.59 Å². The second kappa shape index (κ2) is 7.66. The SMILES string of the molecule is COCCN1CCC[C@]2(CCN(C(=O)CCc3cccs3)C2)C1=O. The molecule has 24 heavy (non-hydrogen) atoms. The van der Waals surface area contributed by atoms with Gasteiger partial charge in [0, 0.05) is 44.6 Å². The van der Waals surface area contributed by atoms with E-state index in [4.69, 9.17) is 4.74 Å². The van der Waals surface area contributed by atoms with E-state index in [1.807, 2.05) is 21.2 Å². The van der Waals surface area contributed by atoms with Crippen LogP contribution >= 0.6 is 11.3 Å². The van der Waals surface area contributed by atoms with Crippen LogP contribution in [0.15, 0.2) is 17.5 Å². The molecule has 2 fully saturated rings. The van der Waals surface area contributed by atoms with Gasteiger partial charge in [0.05, 0.1) is 12.0 Å². The first-order valence-electron chi connectivity index (χ1n) is 8.73. The number of carbonyl (C=O) groups excluding carboxylic acids is 2. The third-order valence-corrected chi connectivity index (χ3v) is 6.20. The zero-order valence-corrected chi connectivity index (χ0v) is 15.1. The van der Waals surface area contributed by atoms with Gasteiger partial charge in [-0.25, -0.2) is 0 Å². The minimum Gasteiger partial charge on any atom is -0.383 e. The summed E-state index contributed by atoms with van der Waals surface area (Å²) < 4.78 is 5.11. The van der Waals surface area contributed by atoms with Crippen LogP contribution in [0.3, 0.4) is 0 Å². The molecule has 3 rings (SSSR count). The quantitative estimate of drug-likeness (QED) is 0.790. The van der Waals surface area contributed by atoms with Gasteiger partial charge in [-0.1, -0.05) is 6.07 Å². The molecule has 6 heteroatoms. The Morgan fingerprint density at radius 3 is 3.00 bits per heavy atom. The number of carbonyl (C=O) groups is 2. The number of thiophene rings is 1. The Hall–Kier alpha value is -1.40. The van der Waals surface area contributed by atoms with Crippen LogP contribution < -0.4 is 0 Å². The highest BCUT2D eigenvalue weighted by molar-refractivity contribution is 7.09. The van der Waals surface area contributed by atoms with Crippen LogP contribution in [0.25, 0.3) is 0 Å². The van der Waals surface area contributed by atoms with E-state index in [2.05, 4.69) is 6.07 Å². The minimum atomic E-state index is -0.343. The number of likely N-dealkylation sites (tertiary alicyclic amines) is 2. The number of ether oxygens (including phenoxy) is 1. The summed E-state index contributed by atoms with van der Waals surface area (Å²) >= 11 is 1.69. The fourth-order valence-electron chi connectivity index (χ4n) is 3.87. The van der Waals surface area contributed by atoms with Gasteiger partial charge in [0.1, 0.15) is 0 Å². The van der Waals surface area contributed by atoms with Gasteiger partial charge in [-0.2, -0.15) is 0 Å². The second-order valence-corrected chi connectivity index (χ2v) is 7.85. The molecule has 2 saturated heterocycles. The Bertz CT molecular complexity index is 575. The average Bonchev–Trinajstić information content (AvgIpc) is 3.25. The van der Waals surface area contributed by atoms with Crippen molar-refractivity contribution in [3.05, 3.63) is 22.4 Å². The van der Waals surface area contributed by atoms with Gasteiger partial charge in [0.15, 0.2) is 0 Å². The topological polar surface area (TPSA) is 49.9 Å². The van der Waals surface area contributed by atoms with E-state index >= 15 is 0 Å². The maximum absolute atomic E-state index is 12.9. The highest BCUT2D eigenvalue weighted by atomic mass is 32.1. The number of amides is 2. The van der Waals surface area contributed by atoms with Crippen LogP contribution in [0.5, 0.6) is 0 Å². The summed E-state index contributed by atoms with van der Waals surface area (Å²) in [7, 11) is 1.66. The molecule has 1 aromatic heterocycles. The van der Waals surface area contributed by atoms with Gasteiger partial charge in [-0.15, -0.1) is 11.3 Å². The highest BCUT2D eigenvalue weighted by Gasteiger charge is 2.49. The monoisotopic (exact) mass is 350 g/mol. The lowest BCUT2D eigenvalue weighted by atomic mass is 9.78. The van der Waals surface area contributed by atoms with Crippen molar-refractivity contribution in [1.82, 2.24) is 9.80 Å². The van der Waals surface area contributed by atoms with E-state index in [1.165, 1.54) is 4.88 Å². The summed E-state index contributed by atoms with van der Waals surface area (Å²) in [6.07, 6.45) is 4.07. The van der Waals surface area contributed by atoms with E-state index in [0.29, 0.717) is 32.7 Å². The third kappa shape index (κ3) is 3.64. The zero-order chi connectivity index (χ0) is 17.0. The molecule has 0 aromatic carbocycles. The van der Waals surface area contributed by atoms with Crippen LogP contribution in [0.4, 0.5) is 0 Å². The third-order valence-electron chi connectivity index (χ3n) is 5.26. The molecule has 132 valence electrons. The van der Waals surface area contributed by atoms with Crippen molar-refractivity contribution in [3.63, 3.8) is 0 Å². The van der Waals surface area contributed by atoms with E-state index in [1.54, 1.807) is 18.4 Å². The summed E-state index contributed by atoms with van der Waals surface area (Å²) in [6, 6.07) is 4.09. The van der Waals surface area contributed by atoms with E-state index in [9.17, 15) is 9.59 Å². The molecule has 1 atom stereocenters. The lowest BCUT2D eigenvalue weighted by molar-refractivity contribution is -0.146. The number of rotatable bonds is 6. The zero-order valence-electron chi connectivity index (χ0n) is 14.3. The van der Waals surface area contributed by atoms with Crippen LogP contribution in [0, 0.1) is 5.41 Å². The number of piperidine rings is 1. The molecule has 0 N–H and O–H groups in total. The molecule has 1 aromatic rings. The molecule has 0 radical (unpaired) electrons. The molecule has 2 amide bonds. The molecule has 0 saturated carbocycles. The maximum Gasteiger partial charge on any atom is 0.230 e. The maximum atomic E-state index is 12.9. The summed E-state index contributed by atoms with van der Waals surface area (Å²) in [5.41, 5.74) is -0.343. The lowest BCUT2D eigenvalue weighted by Crippen LogP contribution is -2.51. The largest absolute Gasteiger partial charge is 0.383 e. The number of methoxy groups -OCH3 is 1. The molecule has 0 bridgehead atoms. The summed E-state index contributed by atoms with van der Waals surface area (Å²) in [4.78, 5) is 30.5. The molecule has 1 spiro atoms. The Labute approximate surface area is 147 Å². The first-order valence-corrected chi connectivity index (χ1v) is 9.61. The van der Waals surface area contributed by atoms with Gasteiger partial charge in [-0.05, 0) is 37.1 Å². The van der Waals surface area contributed by atoms with Crippen molar-refractivity contribution in [2.24, 2.45) is 5.41 Å². The Morgan fingerprint density at radius 1 is 1.38 bits per heavy atom. The fraction of sp³-hybridized carbons (Fsp3) is 0.667. The van der Waals surface area contributed by atoms with Crippen molar-refractivity contribution in [2.45, 2.75) is 32.1 Å². The van der Waals surface area contributed by atoms with Crippen LogP contribution in [-0.2, 0) is 20.7 Å². The molecule has 5 nitrogen and oxygen atoms in total. The Kier molecular flexibility index (Phi) is 5.56. The molecular formula is C18H26N2O3S. The van der Waals surface area contributed by atoms with E-state index < -0.39 is 0 Å². The summed E-state index contributed by atoms with van der Waals surface area (Å²) in [6.45, 7) is 3.36. The van der Waals surface area contributed by atoms with E-state index in [-0.39, 0.29) is 17.2 Å². The van der Waals surface area contributed by atoms with Crippen molar-refractivity contribution >= 4 is 23.2 Å². The van der Waals surface area contributed by atoms with Gasteiger partial charge < -0.3 is 14.5 Å². The first kappa shape index (κ1) is 17.4.